The summed E-state index contributed by atoms with van der Waals surface area (Å²) in [5.41, 5.74) is -0.987. The number of carbonyl (C=O) groups excluding carboxylic acids is 1. The fourth-order valence-electron chi connectivity index (χ4n) is 1.92. The minimum absolute atomic E-state index is 0.0505. The van der Waals surface area contributed by atoms with Gasteiger partial charge in [-0.3, -0.25) is 9.59 Å². The van der Waals surface area contributed by atoms with Gasteiger partial charge in [-0.1, -0.05) is 0 Å². The molecule has 0 aromatic heterocycles. The average Bonchev–Trinajstić information content (AvgIpc) is 2.92. The lowest BCUT2D eigenvalue weighted by Crippen LogP contribution is -2.49. The van der Waals surface area contributed by atoms with Crippen LogP contribution in [0.4, 0.5) is 0 Å². The standard InChI is InChI=1S/C11H17NO4/c1-11(10(14)15)6-16-5-8(11)12-9(13)4-7-2-3-7/h7-8H,2-6H2,1H3,(H,12,13)(H,14,15). The Morgan fingerprint density at radius 2 is 2.19 bits per heavy atom. The molecule has 0 radical (unpaired) electrons. The number of aliphatic carboxylic acids is 1. The minimum Gasteiger partial charge on any atom is -0.481 e. The van der Waals surface area contributed by atoms with Gasteiger partial charge >= 0.3 is 5.97 Å². The summed E-state index contributed by atoms with van der Waals surface area (Å²) in [6, 6.07) is -0.406. The van der Waals surface area contributed by atoms with Crippen molar-refractivity contribution >= 4 is 11.9 Å². The molecular weight excluding hydrogens is 210 g/mol. The van der Waals surface area contributed by atoms with Crippen molar-refractivity contribution in [2.45, 2.75) is 32.2 Å². The van der Waals surface area contributed by atoms with Gasteiger partial charge in [0, 0.05) is 6.42 Å². The highest BCUT2D eigenvalue weighted by Gasteiger charge is 2.47. The molecular formula is C11H17NO4. The van der Waals surface area contributed by atoms with Gasteiger partial charge in [-0.15, -0.1) is 0 Å². The normalized spacial score (nSPS) is 33.7. The van der Waals surface area contributed by atoms with Crippen molar-refractivity contribution in [2.24, 2.45) is 11.3 Å². The third-order valence-corrected chi connectivity index (χ3v) is 3.45. The Morgan fingerprint density at radius 3 is 2.75 bits per heavy atom. The molecule has 5 nitrogen and oxygen atoms in total. The third kappa shape index (κ3) is 2.19. The first-order valence-electron chi connectivity index (χ1n) is 5.63. The smallest absolute Gasteiger partial charge is 0.313 e. The number of amides is 1. The Labute approximate surface area is 94.2 Å². The van der Waals surface area contributed by atoms with Gasteiger partial charge in [0.2, 0.25) is 5.91 Å². The molecule has 1 heterocycles. The Morgan fingerprint density at radius 1 is 1.50 bits per heavy atom. The maximum absolute atomic E-state index is 11.6. The van der Waals surface area contributed by atoms with Gasteiger partial charge in [-0.05, 0) is 25.7 Å². The van der Waals surface area contributed by atoms with E-state index >= 15 is 0 Å². The number of carboxylic acid groups (broad SMARTS) is 1. The van der Waals surface area contributed by atoms with E-state index in [4.69, 9.17) is 9.84 Å². The maximum atomic E-state index is 11.6. The fraction of sp³-hybridized carbons (Fsp3) is 0.818. The van der Waals surface area contributed by atoms with Gasteiger partial charge in [-0.25, -0.2) is 0 Å². The molecule has 2 aliphatic rings. The van der Waals surface area contributed by atoms with Gasteiger partial charge in [0.1, 0.15) is 5.41 Å². The van der Waals surface area contributed by atoms with Crippen LogP contribution in [0.3, 0.4) is 0 Å². The summed E-state index contributed by atoms with van der Waals surface area (Å²) in [7, 11) is 0. The predicted octanol–water partition coefficient (Wildman–Crippen LogP) is 0.392. The molecule has 1 saturated carbocycles. The van der Waals surface area contributed by atoms with Crippen LogP contribution in [0.1, 0.15) is 26.2 Å². The lowest BCUT2D eigenvalue weighted by atomic mass is 9.85. The van der Waals surface area contributed by atoms with Crippen LogP contribution >= 0.6 is 0 Å². The Bertz CT molecular complexity index is 313. The van der Waals surface area contributed by atoms with E-state index in [0.717, 1.165) is 12.8 Å². The van der Waals surface area contributed by atoms with E-state index < -0.39 is 17.4 Å². The van der Waals surface area contributed by atoms with Crippen LogP contribution in [-0.2, 0) is 14.3 Å². The van der Waals surface area contributed by atoms with E-state index in [1.807, 2.05) is 0 Å². The Kier molecular flexibility index (Phi) is 2.88. The number of hydrogen-bond donors (Lipinski definition) is 2. The molecule has 0 aromatic rings. The molecule has 16 heavy (non-hydrogen) atoms. The van der Waals surface area contributed by atoms with Gasteiger partial charge in [0.05, 0.1) is 19.3 Å². The van der Waals surface area contributed by atoms with Gasteiger partial charge < -0.3 is 15.2 Å². The van der Waals surface area contributed by atoms with Crippen molar-refractivity contribution in [3.8, 4) is 0 Å². The molecule has 2 rings (SSSR count). The number of nitrogens with one attached hydrogen (secondary N) is 1. The molecule has 0 bridgehead atoms. The van der Waals surface area contributed by atoms with Crippen LogP contribution in [0.5, 0.6) is 0 Å². The van der Waals surface area contributed by atoms with Gasteiger partial charge in [-0.2, -0.15) is 0 Å². The van der Waals surface area contributed by atoms with Crippen molar-refractivity contribution in [2.75, 3.05) is 13.2 Å². The summed E-state index contributed by atoms with van der Waals surface area (Å²) in [6.45, 7) is 2.07. The molecule has 1 amide bonds. The quantitative estimate of drug-likeness (QED) is 0.728. The molecule has 2 unspecified atom stereocenters. The maximum Gasteiger partial charge on any atom is 0.313 e. The Balaban J connectivity index is 1.92. The van der Waals surface area contributed by atoms with Gasteiger partial charge in [0.25, 0.3) is 0 Å². The highest BCUT2D eigenvalue weighted by Crippen LogP contribution is 2.33. The van der Waals surface area contributed by atoms with Crippen LogP contribution in [0, 0.1) is 11.3 Å². The fourth-order valence-corrected chi connectivity index (χ4v) is 1.92. The van der Waals surface area contributed by atoms with E-state index in [2.05, 4.69) is 5.32 Å². The SMILES string of the molecule is CC1(C(=O)O)COCC1NC(=O)CC1CC1. The van der Waals surface area contributed by atoms with Crippen molar-refractivity contribution < 1.29 is 19.4 Å². The molecule has 90 valence electrons. The van der Waals surface area contributed by atoms with E-state index in [-0.39, 0.29) is 12.5 Å². The first-order valence-corrected chi connectivity index (χ1v) is 5.63. The van der Waals surface area contributed by atoms with E-state index in [1.165, 1.54) is 0 Å². The summed E-state index contributed by atoms with van der Waals surface area (Å²) in [4.78, 5) is 22.7. The zero-order valence-electron chi connectivity index (χ0n) is 9.36. The lowest BCUT2D eigenvalue weighted by Gasteiger charge is -2.25. The number of rotatable bonds is 4. The summed E-state index contributed by atoms with van der Waals surface area (Å²) >= 11 is 0. The molecule has 1 saturated heterocycles. The molecule has 2 N–H and O–H groups in total. The summed E-state index contributed by atoms with van der Waals surface area (Å²) in [6.07, 6.45) is 2.75. The molecule has 2 fully saturated rings. The highest BCUT2D eigenvalue weighted by molar-refractivity contribution is 5.80. The van der Waals surface area contributed by atoms with Crippen molar-refractivity contribution in [1.82, 2.24) is 5.32 Å². The van der Waals surface area contributed by atoms with E-state index in [1.54, 1.807) is 6.92 Å². The van der Waals surface area contributed by atoms with Crippen LogP contribution in [-0.4, -0.2) is 36.2 Å². The highest BCUT2D eigenvalue weighted by atomic mass is 16.5. The molecule has 1 aliphatic heterocycles. The Hall–Kier alpha value is -1.10. The first kappa shape index (κ1) is 11.4. The molecule has 0 spiro atoms. The van der Waals surface area contributed by atoms with Crippen LogP contribution in [0.2, 0.25) is 0 Å². The molecule has 0 aromatic carbocycles. The largest absolute Gasteiger partial charge is 0.481 e. The molecule has 2 atom stereocenters. The first-order chi connectivity index (χ1) is 7.52. The second kappa shape index (κ2) is 4.05. The summed E-state index contributed by atoms with van der Waals surface area (Å²) in [5.74, 6) is -0.453. The zero-order chi connectivity index (χ0) is 11.8. The van der Waals surface area contributed by atoms with Crippen LogP contribution < -0.4 is 5.32 Å². The summed E-state index contributed by atoms with van der Waals surface area (Å²) < 4.78 is 5.16. The average molecular weight is 227 g/mol. The number of hydrogen-bond acceptors (Lipinski definition) is 3. The zero-order valence-corrected chi connectivity index (χ0v) is 9.36. The number of carboxylic acids is 1. The second-order valence-electron chi connectivity index (χ2n) is 5.01. The predicted molar refractivity (Wildman–Crippen MR) is 55.8 cm³/mol. The van der Waals surface area contributed by atoms with Crippen LogP contribution in [0.15, 0.2) is 0 Å². The second-order valence-corrected chi connectivity index (χ2v) is 5.01. The van der Waals surface area contributed by atoms with Crippen LogP contribution in [0.25, 0.3) is 0 Å². The van der Waals surface area contributed by atoms with Crippen molar-refractivity contribution in [3.05, 3.63) is 0 Å². The molecule has 1 aliphatic carbocycles. The van der Waals surface area contributed by atoms with Crippen molar-refractivity contribution in [1.29, 1.82) is 0 Å². The topological polar surface area (TPSA) is 75.6 Å². The minimum atomic E-state index is -0.987. The number of carbonyl (C=O) groups is 2. The molecule has 5 heteroatoms. The van der Waals surface area contributed by atoms with E-state index in [0.29, 0.717) is 18.9 Å². The van der Waals surface area contributed by atoms with Crippen molar-refractivity contribution in [3.63, 3.8) is 0 Å². The lowest BCUT2D eigenvalue weighted by molar-refractivity contribution is -0.149. The summed E-state index contributed by atoms with van der Waals surface area (Å²) in [5, 5.41) is 11.9. The monoisotopic (exact) mass is 227 g/mol. The third-order valence-electron chi connectivity index (χ3n) is 3.45. The number of ether oxygens (including phenoxy) is 1. The van der Waals surface area contributed by atoms with E-state index in [9.17, 15) is 9.59 Å². The van der Waals surface area contributed by atoms with Gasteiger partial charge in [0.15, 0.2) is 0 Å².